The number of carbonyl (C=O) groups is 1. The molecule has 14 heavy (non-hydrogen) atoms. The average Bonchev–Trinajstić information content (AvgIpc) is 2.62. The molecule has 78 valence electrons. The molecule has 0 aliphatic carbocycles. The van der Waals surface area contributed by atoms with E-state index in [2.05, 4.69) is 4.98 Å². The van der Waals surface area contributed by atoms with Crippen LogP contribution in [0.3, 0.4) is 0 Å². The Morgan fingerprint density at radius 1 is 1.86 bits per heavy atom. The van der Waals surface area contributed by atoms with Crippen molar-refractivity contribution in [2.45, 2.75) is 12.3 Å². The Morgan fingerprint density at radius 2 is 2.57 bits per heavy atom. The van der Waals surface area contributed by atoms with Crippen LogP contribution >= 0.6 is 11.3 Å². The van der Waals surface area contributed by atoms with Crippen molar-refractivity contribution in [3.63, 3.8) is 0 Å². The van der Waals surface area contributed by atoms with Crippen molar-refractivity contribution in [1.29, 1.82) is 0 Å². The molecule has 0 bridgehead atoms. The molecule has 0 fully saturated rings. The third kappa shape index (κ3) is 2.68. The minimum Gasteiger partial charge on any atom is -0.481 e. The zero-order valence-electron chi connectivity index (χ0n) is 7.77. The summed E-state index contributed by atoms with van der Waals surface area (Å²) in [4.78, 5) is 15.3. The van der Waals surface area contributed by atoms with Crippen molar-refractivity contribution in [2.75, 3.05) is 13.7 Å². The minimum atomic E-state index is -0.854. The summed E-state index contributed by atoms with van der Waals surface area (Å²) >= 11 is 1.33. The van der Waals surface area contributed by atoms with Crippen LogP contribution in [0.2, 0.25) is 0 Å². The Labute approximate surface area is 85.5 Å². The van der Waals surface area contributed by atoms with Crippen molar-refractivity contribution >= 4 is 17.3 Å². The predicted octanol–water partition coefficient (Wildman–Crippen LogP) is 0.669. The van der Waals surface area contributed by atoms with Crippen LogP contribution in [0.4, 0.5) is 0 Å². The van der Waals surface area contributed by atoms with Gasteiger partial charge in [0.15, 0.2) is 0 Å². The SMILES string of the molecule is COc1ncc(C(CN)CC(=O)O)s1. The van der Waals surface area contributed by atoms with Gasteiger partial charge in [0.05, 0.1) is 13.5 Å². The number of aliphatic carboxylic acids is 1. The Bertz CT molecular complexity index is 313. The molecule has 1 aromatic rings. The van der Waals surface area contributed by atoms with Crippen LogP contribution in [0.15, 0.2) is 6.20 Å². The standard InChI is InChI=1S/C8H12N2O3S/c1-13-8-10-4-6(14-8)5(3-9)2-7(11)12/h4-5H,2-3,9H2,1H3,(H,11,12). The number of carboxylic acid groups (broad SMARTS) is 1. The summed E-state index contributed by atoms with van der Waals surface area (Å²) in [5.41, 5.74) is 5.48. The van der Waals surface area contributed by atoms with E-state index in [9.17, 15) is 4.79 Å². The molecule has 0 saturated heterocycles. The van der Waals surface area contributed by atoms with Crippen LogP contribution in [0.25, 0.3) is 0 Å². The lowest BCUT2D eigenvalue weighted by atomic mass is 10.1. The first-order chi connectivity index (χ1) is 6.67. The van der Waals surface area contributed by atoms with E-state index in [0.717, 1.165) is 4.88 Å². The van der Waals surface area contributed by atoms with E-state index in [1.54, 1.807) is 6.20 Å². The highest BCUT2D eigenvalue weighted by Gasteiger charge is 2.16. The molecule has 3 N–H and O–H groups in total. The van der Waals surface area contributed by atoms with Gasteiger partial charge in [0, 0.05) is 23.5 Å². The average molecular weight is 216 g/mol. The summed E-state index contributed by atoms with van der Waals surface area (Å²) in [6.45, 7) is 0.303. The molecule has 0 radical (unpaired) electrons. The second kappa shape index (κ2) is 4.92. The van der Waals surface area contributed by atoms with Crippen molar-refractivity contribution in [3.05, 3.63) is 11.1 Å². The lowest BCUT2D eigenvalue weighted by Crippen LogP contribution is -2.15. The zero-order valence-corrected chi connectivity index (χ0v) is 8.58. The van der Waals surface area contributed by atoms with Crippen molar-refractivity contribution in [3.8, 4) is 5.19 Å². The van der Waals surface area contributed by atoms with Gasteiger partial charge in [-0.05, 0) is 0 Å². The molecule has 0 aliphatic rings. The number of hydrogen-bond donors (Lipinski definition) is 2. The maximum Gasteiger partial charge on any atom is 0.304 e. The van der Waals surface area contributed by atoms with Gasteiger partial charge in [0.2, 0.25) is 0 Å². The van der Waals surface area contributed by atoms with Crippen LogP contribution in [-0.4, -0.2) is 29.7 Å². The Kier molecular flexibility index (Phi) is 3.84. The first-order valence-corrected chi connectivity index (χ1v) is 4.90. The van der Waals surface area contributed by atoms with E-state index in [-0.39, 0.29) is 12.3 Å². The summed E-state index contributed by atoms with van der Waals surface area (Å²) in [6, 6.07) is 0. The molecule has 5 nitrogen and oxygen atoms in total. The van der Waals surface area contributed by atoms with E-state index in [1.807, 2.05) is 0 Å². The second-order valence-electron chi connectivity index (χ2n) is 2.76. The van der Waals surface area contributed by atoms with Gasteiger partial charge in [-0.15, -0.1) is 0 Å². The maximum absolute atomic E-state index is 10.5. The van der Waals surface area contributed by atoms with E-state index < -0.39 is 5.97 Å². The summed E-state index contributed by atoms with van der Waals surface area (Å²) in [5.74, 6) is -1.03. The van der Waals surface area contributed by atoms with Crippen molar-refractivity contribution in [2.24, 2.45) is 5.73 Å². The number of aromatic nitrogens is 1. The maximum atomic E-state index is 10.5. The lowest BCUT2D eigenvalue weighted by Gasteiger charge is -2.07. The lowest BCUT2D eigenvalue weighted by molar-refractivity contribution is -0.137. The smallest absolute Gasteiger partial charge is 0.304 e. The summed E-state index contributed by atoms with van der Waals surface area (Å²) in [6.07, 6.45) is 1.64. The summed E-state index contributed by atoms with van der Waals surface area (Å²) < 4.78 is 4.91. The fourth-order valence-corrected chi connectivity index (χ4v) is 1.91. The van der Waals surface area contributed by atoms with E-state index >= 15 is 0 Å². The van der Waals surface area contributed by atoms with Crippen LogP contribution in [-0.2, 0) is 4.79 Å². The molecular formula is C8H12N2O3S. The molecule has 1 rings (SSSR count). The predicted molar refractivity (Wildman–Crippen MR) is 52.7 cm³/mol. The number of thiazole rings is 1. The molecule has 0 aromatic carbocycles. The number of rotatable bonds is 5. The van der Waals surface area contributed by atoms with Gasteiger partial charge < -0.3 is 15.6 Å². The first-order valence-electron chi connectivity index (χ1n) is 4.09. The van der Waals surface area contributed by atoms with Gasteiger partial charge in [-0.25, -0.2) is 4.98 Å². The van der Waals surface area contributed by atoms with Crippen LogP contribution in [0.5, 0.6) is 5.19 Å². The Morgan fingerprint density at radius 3 is 3.00 bits per heavy atom. The normalized spacial score (nSPS) is 12.4. The number of methoxy groups -OCH3 is 1. The molecule has 0 saturated carbocycles. The number of ether oxygens (including phenoxy) is 1. The molecule has 1 aromatic heterocycles. The molecule has 0 aliphatic heterocycles. The quantitative estimate of drug-likeness (QED) is 0.755. The monoisotopic (exact) mass is 216 g/mol. The molecule has 0 spiro atoms. The molecule has 1 heterocycles. The van der Waals surface area contributed by atoms with Crippen molar-refractivity contribution < 1.29 is 14.6 Å². The largest absolute Gasteiger partial charge is 0.481 e. The third-order valence-corrected chi connectivity index (χ3v) is 2.91. The molecule has 1 atom stereocenters. The topological polar surface area (TPSA) is 85.4 Å². The van der Waals surface area contributed by atoms with Gasteiger partial charge in [-0.2, -0.15) is 0 Å². The molecular weight excluding hydrogens is 204 g/mol. The fourth-order valence-electron chi connectivity index (χ4n) is 1.06. The third-order valence-electron chi connectivity index (χ3n) is 1.78. The Hall–Kier alpha value is -1.14. The van der Waals surface area contributed by atoms with Crippen LogP contribution in [0.1, 0.15) is 17.2 Å². The van der Waals surface area contributed by atoms with E-state index in [1.165, 1.54) is 18.4 Å². The van der Waals surface area contributed by atoms with Gasteiger partial charge in [0.1, 0.15) is 0 Å². The second-order valence-corrected chi connectivity index (χ2v) is 3.79. The number of nitrogens with zero attached hydrogens (tertiary/aromatic N) is 1. The fraction of sp³-hybridized carbons (Fsp3) is 0.500. The van der Waals surface area contributed by atoms with Crippen LogP contribution in [0, 0.1) is 0 Å². The highest BCUT2D eigenvalue weighted by Crippen LogP contribution is 2.28. The van der Waals surface area contributed by atoms with Gasteiger partial charge >= 0.3 is 5.97 Å². The Balaban J connectivity index is 2.73. The van der Waals surface area contributed by atoms with Gasteiger partial charge in [0.25, 0.3) is 5.19 Å². The highest BCUT2D eigenvalue weighted by molar-refractivity contribution is 7.13. The number of hydrogen-bond acceptors (Lipinski definition) is 5. The summed E-state index contributed by atoms with van der Waals surface area (Å²) in [7, 11) is 1.53. The first kappa shape index (κ1) is 10.9. The van der Waals surface area contributed by atoms with E-state index in [0.29, 0.717) is 11.7 Å². The molecule has 0 amide bonds. The zero-order chi connectivity index (χ0) is 10.6. The van der Waals surface area contributed by atoms with E-state index in [4.69, 9.17) is 15.6 Å². The number of carboxylic acids is 1. The number of nitrogens with two attached hydrogens (primary N) is 1. The molecule has 6 heteroatoms. The van der Waals surface area contributed by atoms with Gasteiger partial charge in [-0.3, -0.25) is 4.79 Å². The highest BCUT2D eigenvalue weighted by atomic mass is 32.1. The minimum absolute atomic E-state index is 0.0296. The van der Waals surface area contributed by atoms with Crippen LogP contribution < -0.4 is 10.5 Å². The van der Waals surface area contributed by atoms with Gasteiger partial charge in [-0.1, -0.05) is 11.3 Å². The van der Waals surface area contributed by atoms with Crippen molar-refractivity contribution in [1.82, 2.24) is 4.98 Å². The summed E-state index contributed by atoms with van der Waals surface area (Å²) in [5, 5.41) is 9.17. The molecule has 1 unspecified atom stereocenters.